The van der Waals surface area contributed by atoms with E-state index in [0.717, 1.165) is 47.0 Å². The van der Waals surface area contributed by atoms with Gasteiger partial charge in [-0.2, -0.15) is 83.4 Å². The first kappa shape index (κ1) is 45.7. The molecule has 0 saturated carbocycles. The topological polar surface area (TPSA) is 104 Å². The number of hydrogen-bond donors (Lipinski definition) is 0. The van der Waals surface area contributed by atoms with Gasteiger partial charge < -0.3 is 4.13 Å². The Kier molecular flexibility index (Phi) is 14.2. The van der Waals surface area contributed by atoms with Gasteiger partial charge in [0, 0.05) is 11.5 Å². The van der Waals surface area contributed by atoms with Crippen molar-refractivity contribution >= 4 is 20.0 Å². The van der Waals surface area contributed by atoms with Crippen molar-refractivity contribution in [3.63, 3.8) is 0 Å². The average Bonchev–Trinajstić information content (AvgIpc) is 3.32. The van der Waals surface area contributed by atoms with E-state index in [2.05, 4.69) is 5.10 Å². The lowest BCUT2D eigenvalue weighted by atomic mass is 9.92. The van der Waals surface area contributed by atoms with Crippen LogP contribution in [-0.4, -0.2) is 73.4 Å². The summed E-state index contributed by atoms with van der Waals surface area (Å²) in [5.41, 5.74) is -12.4. The van der Waals surface area contributed by atoms with Crippen molar-refractivity contribution in [1.82, 2.24) is 9.78 Å². The number of unbranched alkanes of at least 4 members (excludes halogenated alkanes) is 4. The summed E-state index contributed by atoms with van der Waals surface area (Å²) in [6.45, 7) is 1.07. The minimum Gasteiger partial charge on any atom is -0.421 e. The highest BCUT2D eigenvalue weighted by atomic mass is 32.3. The van der Waals surface area contributed by atoms with Gasteiger partial charge in [0.15, 0.2) is 20.0 Å². The lowest BCUT2D eigenvalue weighted by Crippen LogP contribution is -2.70. The van der Waals surface area contributed by atoms with Crippen molar-refractivity contribution in [3.05, 3.63) is 16.8 Å². The standard InChI is InChI=1S/C17H21F13N3.C2F6NO4S2/c1-2-3-4-5-6-8-33-11-32(10-31-33)9-7-12(18,19)13(20,21)14(22,23)15(24,25)16(26,27)17(28,29)30;3-1(4,5)14(10,11)9-15(12,13)2(6,7)8/h10-11H,2-9H2,1H3;/q+1;-1. The van der Waals surface area contributed by atoms with Gasteiger partial charge in [0.25, 0.3) is 6.33 Å². The van der Waals surface area contributed by atoms with Crippen LogP contribution in [0.4, 0.5) is 83.4 Å². The van der Waals surface area contributed by atoms with Gasteiger partial charge >= 0.3 is 46.8 Å². The lowest BCUT2D eigenvalue weighted by Gasteiger charge is -2.39. The first-order valence-corrected chi connectivity index (χ1v) is 15.1. The molecule has 29 heteroatoms. The summed E-state index contributed by atoms with van der Waals surface area (Å²) in [6.07, 6.45) is -3.56. The zero-order valence-corrected chi connectivity index (χ0v) is 24.9. The fourth-order valence-corrected chi connectivity index (χ4v) is 4.62. The van der Waals surface area contributed by atoms with Crippen molar-refractivity contribution in [1.29, 1.82) is 0 Å². The smallest absolute Gasteiger partial charge is 0.421 e. The Balaban J connectivity index is 0.00000123. The molecule has 0 amide bonds. The van der Waals surface area contributed by atoms with E-state index in [1.165, 1.54) is 4.68 Å². The number of rotatable bonds is 15. The van der Waals surface area contributed by atoms with Crippen molar-refractivity contribution < 1.29 is 105 Å². The fourth-order valence-electron chi connectivity index (χ4n) is 2.91. The lowest BCUT2D eigenvalue weighted by molar-refractivity contribution is -0.701. The maximum absolute atomic E-state index is 13.8. The van der Waals surface area contributed by atoms with E-state index in [1.54, 1.807) is 0 Å². The molecule has 0 atom stereocenters. The zero-order chi connectivity index (χ0) is 38.6. The minimum absolute atomic E-state index is 0.292. The van der Waals surface area contributed by atoms with Crippen LogP contribution in [0.1, 0.15) is 45.4 Å². The second-order valence-corrected chi connectivity index (χ2v) is 12.7. The number of aromatic nitrogens is 3. The van der Waals surface area contributed by atoms with Crippen LogP contribution in [0.3, 0.4) is 0 Å². The summed E-state index contributed by atoms with van der Waals surface area (Å²) in [5, 5.41) is 3.70. The van der Waals surface area contributed by atoms with E-state index in [0.29, 0.717) is 13.0 Å². The van der Waals surface area contributed by atoms with Crippen LogP contribution < -0.4 is 4.57 Å². The number of nitrogens with zero attached hydrogens (tertiary/aromatic N) is 4. The number of hydrogen-bond acceptors (Lipinski definition) is 5. The summed E-state index contributed by atoms with van der Waals surface area (Å²) in [7, 11) is -13.4. The van der Waals surface area contributed by atoms with Gasteiger partial charge in [0.2, 0.25) is 6.33 Å². The molecule has 286 valence electrons. The summed E-state index contributed by atoms with van der Waals surface area (Å²) >= 11 is 0. The molecule has 0 spiro atoms. The quantitative estimate of drug-likeness (QED) is 0.105. The van der Waals surface area contributed by atoms with E-state index in [-0.39, 0.29) is 0 Å². The molecule has 0 N–H and O–H groups in total. The molecule has 0 aliphatic heterocycles. The molecule has 48 heavy (non-hydrogen) atoms. The molecule has 0 saturated heterocycles. The summed E-state index contributed by atoms with van der Waals surface area (Å²) in [5.74, 6) is -36.7. The molecule has 0 aromatic carbocycles. The van der Waals surface area contributed by atoms with Crippen molar-refractivity contribution in [3.8, 4) is 0 Å². The highest BCUT2D eigenvalue weighted by molar-refractivity contribution is 8.13. The largest absolute Gasteiger partial charge is 0.480 e. The van der Waals surface area contributed by atoms with Crippen molar-refractivity contribution in [2.45, 2.75) is 105 Å². The van der Waals surface area contributed by atoms with E-state index >= 15 is 0 Å². The van der Waals surface area contributed by atoms with E-state index in [9.17, 15) is 100 Å². The first-order chi connectivity index (χ1) is 21.0. The third kappa shape index (κ3) is 10.1. The monoisotopic (exact) mass is 794 g/mol. The van der Waals surface area contributed by atoms with Gasteiger partial charge in [-0.1, -0.05) is 32.6 Å². The zero-order valence-electron chi connectivity index (χ0n) is 23.2. The number of alkyl halides is 19. The number of halogens is 19. The van der Waals surface area contributed by atoms with Gasteiger partial charge in [0.1, 0.15) is 6.54 Å². The maximum atomic E-state index is 13.8. The Morgan fingerprint density at radius 2 is 1.04 bits per heavy atom. The highest BCUT2D eigenvalue weighted by Crippen LogP contribution is 2.60. The van der Waals surface area contributed by atoms with Crippen LogP contribution in [0.2, 0.25) is 0 Å². The molecule has 1 heterocycles. The third-order valence-corrected chi connectivity index (χ3v) is 8.32. The van der Waals surface area contributed by atoms with Gasteiger partial charge in [-0.3, -0.25) is 0 Å². The molecular weight excluding hydrogens is 773 g/mol. The SMILES string of the molecule is CCCCCCCn1c[n+](CCC(F)(F)C(F)(F)C(F)(F)C(F)(F)C(F)(F)C(F)(F)F)cn1.O=S(=O)([N-]S(=O)(=O)C(F)(F)F)C(F)(F)F. The predicted octanol–water partition coefficient (Wildman–Crippen LogP) is 7.33. The molecule has 0 aliphatic rings. The van der Waals surface area contributed by atoms with Crippen LogP contribution in [0.5, 0.6) is 0 Å². The summed E-state index contributed by atoms with van der Waals surface area (Å²) in [6, 6.07) is 0. The Labute approximate surface area is 257 Å². The Morgan fingerprint density at radius 1 is 0.625 bits per heavy atom. The molecular formula is C19H21F19N4O4S2. The molecule has 0 fully saturated rings. The second-order valence-electron chi connectivity index (χ2n) is 9.33. The van der Waals surface area contributed by atoms with E-state index < -0.39 is 79.8 Å². The molecule has 1 aromatic rings. The summed E-state index contributed by atoms with van der Waals surface area (Å²) < 4.78 is 281. The van der Waals surface area contributed by atoms with Crippen LogP contribution in [0, 0.1) is 0 Å². The first-order valence-electron chi connectivity index (χ1n) is 12.2. The Hall–Kier alpha value is -2.33. The van der Waals surface area contributed by atoms with Crippen LogP contribution in [0.25, 0.3) is 4.13 Å². The van der Waals surface area contributed by atoms with Crippen LogP contribution in [0.15, 0.2) is 12.7 Å². The van der Waals surface area contributed by atoms with Crippen molar-refractivity contribution in [2.75, 3.05) is 0 Å². The molecule has 1 rings (SSSR count). The predicted molar refractivity (Wildman–Crippen MR) is 120 cm³/mol. The van der Waals surface area contributed by atoms with Gasteiger partial charge in [0.05, 0.1) is 6.54 Å². The van der Waals surface area contributed by atoms with Gasteiger partial charge in [-0.15, -0.1) is 4.68 Å². The second kappa shape index (κ2) is 14.9. The third-order valence-electron chi connectivity index (χ3n) is 5.58. The van der Waals surface area contributed by atoms with E-state index in [4.69, 9.17) is 0 Å². The molecule has 8 nitrogen and oxygen atoms in total. The van der Waals surface area contributed by atoms with Gasteiger partial charge in [-0.05, 0) is 6.42 Å². The van der Waals surface area contributed by atoms with Crippen LogP contribution in [-0.2, 0) is 33.1 Å². The molecule has 0 radical (unpaired) electrons. The molecule has 0 unspecified atom stereocenters. The van der Waals surface area contributed by atoms with Crippen LogP contribution >= 0.6 is 0 Å². The van der Waals surface area contributed by atoms with E-state index in [1.807, 2.05) is 6.92 Å². The highest BCUT2D eigenvalue weighted by Gasteiger charge is 2.90. The number of aryl methyl sites for hydroxylation is 2. The molecule has 0 bridgehead atoms. The molecule has 0 aliphatic carbocycles. The summed E-state index contributed by atoms with van der Waals surface area (Å²) in [4.78, 5) is 0. The minimum atomic E-state index is -7.87. The molecule has 1 aromatic heterocycles. The fraction of sp³-hybridized carbons (Fsp3) is 0.895. The Morgan fingerprint density at radius 3 is 1.44 bits per heavy atom. The maximum Gasteiger partial charge on any atom is 0.480 e. The normalized spacial score (nSPS) is 14.9. The van der Waals surface area contributed by atoms with Gasteiger partial charge in [-0.25, -0.2) is 21.4 Å². The average molecular weight is 794 g/mol. The van der Waals surface area contributed by atoms with Crippen molar-refractivity contribution in [2.24, 2.45) is 0 Å². The Bertz CT molecular complexity index is 1360. The number of sulfonamides is 2.